The second-order valence-corrected chi connectivity index (χ2v) is 16.0. The number of terminal acetylenes is 1. The van der Waals surface area contributed by atoms with Crippen LogP contribution in [0.15, 0.2) is 11.6 Å². The summed E-state index contributed by atoms with van der Waals surface area (Å²) in [6.07, 6.45) is 9.10. The van der Waals surface area contributed by atoms with Crippen molar-refractivity contribution in [2.75, 3.05) is 33.9 Å². The molecular weight excluding hydrogens is 412 g/mol. The van der Waals surface area contributed by atoms with E-state index in [-0.39, 0.29) is 43.9 Å². The monoisotopic (exact) mass is 452 g/mol. The fraction of sp³-hybridized carbons (Fsp3) is 0.792. The van der Waals surface area contributed by atoms with Gasteiger partial charge < -0.3 is 24.1 Å². The number of hydrogen-bond donors (Lipinski definition) is 1. The number of carbonyl (C=O) groups is 1. The molecular formula is C24H40O6Si. The van der Waals surface area contributed by atoms with Gasteiger partial charge >= 0.3 is 5.97 Å². The van der Waals surface area contributed by atoms with Gasteiger partial charge in [0.25, 0.3) is 0 Å². The van der Waals surface area contributed by atoms with E-state index in [9.17, 15) is 9.90 Å². The molecule has 31 heavy (non-hydrogen) atoms. The van der Waals surface area contributed by atoms with Gasteiger partial charge in [-0.1, -0.05) is 38.6 Å². The summed E-state index contributed by atoms with van der Waals surface area (Å²) < 4.78 is 21.8. The quantitative estimate of drug-likeness (QED) is 0.136. The number of aliphatic hydroxyl groups is 1. The van der Waals surface area contributed by atoms with Crippen molar-refractivity contribution >= 4 is 14.0 Å². The highest BCUT2D eigenvalue weighted by atomic mass is 28.3. The first-order valence-electron chi connectivity index (χ1n) is 11.2. The second-order valence-electron chi connectivity index (χ2n) is 10.4. The van der Waals surface area contributed by atoms with E-state index in [1.807, 2.05) is 19.9 Å². The van der Waals surface area contributed by atoms with Crippen molar-refractivity contribution in [2.45, 2.75) is 58.5 Å². The molecule has 7 heteroatoms. The van der Waals surface area contributed by atoms with Crippen LogP contribution in [0.5, 0.6) is 0 Å². The van der Waals surface area contributed by atoms with Gasteiger partial charge in [0, 0.05) is 27.7 Å². The van der Waals surface area contributed by atoms with E-state index in [1.165, 1.54) is 0 Å². The summed E-state index contributed by atoms with van der Waals surface area (Å²) in [6.45, 7) is 11.6. The lowest BCUT2D eigenvalue weighted by molar-refractivity contribution is -0.178. The van der Waals surface area contributed by atoms with E-state index in [1.54, 1.807) is 7.11 Å². The highest BCUT2D eigenvalue weighted by Gasteiger charge is 2.57. The average Bonchev–Trinajstić information content (AvgIpc) is 2.70. The number of rotatable bonds is 10. The molecule has 0 aliphatic heterocycles. The maximum absolute atomic E-state index is 13.4. The molecule has 2 aliphatic carbocycles. The van der Waals surface area contributed by atoms with Gasteiger partial charge in [-0.2, -0.15) is 0 Å². The van der Waals surface area contributed by atoms with E-state index >= 15 is 0 Å². The Kier molecular flexibility index (Phi) is 9.35. The smallest absolute Gasteiger partial charge is 0.315 e. The number of carbonyl (C=O) groups excluding carboxylic acids is 1. The van der Waals surface area contributed by atoms with Crippen LogP contribution in [0, 0.1) is 41.4 Å². The third-order valence-corrected chi connectivity index (χ3v) is 8.57. The summed E-state index contributed by atoms with van der Waals surface area (Å²) >= 11 is 0. The summed E-state index contributed by atoms with van der Waals surface area (Å²) in [5.74, 6) is 1.89. The highest BCUT2D eigenvalue weighted by molar-refractivity contribution is 6.76. The Morgan fingerprint density at radius 3 is 2.61 bits per heavy atom. The molecule has 1 saturated carbocycles. The minimum Gasteiger partial charge on any atom is -0.438 e. The Hall–Kier alpha value is -1.17. The first kappa shape index (κ1) is 26.1. The van der Waals surface area contributed by atoms with Gasteiger partial charge in [0.05, 0.1) is 24.0 Å². The molecule has 0 aromatic heterocycles. The maximum Gasteiger partial charge on any atom is 0.315 e. The fourth-order valence-electron chi connectivity index (χ4n) is 4.89. The predicted octanol–water partition coefficient (Wildman–Crippen LogP) is 3.68. The molecule has 176 valence electrons. The van der Waals surface area contributed by atoms with Crippen LogP contribution in [0.2, 0.25) is 25.7 Å². The molecule has 6 atom stereocenters. The van der Waals surface area contributed by atoms with Crippen molar-refractivity contribution in [3.05, 3.63) is 11.6 Å². The highest BCUT2D eigenvalue weighted by Crippen LogP contribution is 2.54. The third-order valence-electron chi connectivity index (χ3n) is 6.87. The van der Waals surface area contributed by atoms with Gasteiger partial charge in [-0.15, -0.1) is 6.42 Å². The summed E-state index contributed by atoms with van der Waals surface area (Å²) in [5.41, 5.74) is -0.128. The number of hydrogen-bond acceptors (Lipinski definition) is 6. The Balaban J connectivity index is 2.21. The number of methoxy groups -OCH3 is 1. The molecule has 0 saturated heterocycles. The van der Waals surface area contributed by atoms with Crippen LogP contribution in [0.25, 0.3) is 0 Å². The fourth-order valence-corrected chi connectivity index (χ4v) is 5.65. The second kappa shape index (κ2) is 11.1. The van der Waals surface area contributed by atoms with Crippen molar-refractivity contribution in [2.24, 2.45) is 29.1 Å². The Morgan fingerprint density at radius 2 is 2.00 bits per heavy atom. The molecule has 2 aliphatic rings. The molecule has 6 nitrogen and oxygen atoms in total. The van der Waals surface area contributed by atoms with Gasteiger partial charge in [0.1, 0.15) is 6.79 Å². The van der Waals surface area contributed by atoms with Gasteiger partial charge in [-0.05, 0) is 43.2 Å². The average molecular weight is 453 g/mol. The molecule has 0 bridgehead atoms. The molecule has 2 rings (SSSR count). The Morgan fingerprint density at radius 1 is 1.29 bits per heavy atom. The molecule has 0 unspecified atom stereocenters. The summed E-state index contributed by atoms with van der Waals surface area (Å²) in [6, 6.07) is 1.01. The zero-order chi connectivity index (χ0) is 23.2. The zero-order valence-corrected chi connectivity index (χ0v) is 21.0. The molecule has 1 N–H and O–H groups in total. The van der Waals surface area contributed by atoms with Gasteiger partial charge in [-0.25, -0.2) is 0 Å². The molecule has 0 aromatic carbocycles. The maximum atomic E-state index is 13.4. The number of fused-ring (bicyclic) bond motifs is 1. The van der Waals surface area contributed by atoms with Crippen LogP contribution < -0.4 is 0 Å². The van der Waals surface area contributed by atoms with E-state index in [0.717, 1.165) is 24.5 Å². The first-order chi connectivity index (χ1) is 14.6. The van der Waals surface area contributed by atoms with E-state index in [2.05, 4.69) is 25.6 Å². The van der Waals surface area contributed by atoms with Crippen LogP contribution in [-0.4, -0.2) is 59.2 Å². The molecule has 0 radical (unpaired) electrons. The summed E-state index contributed by atoms with van der Waals surface area (Å²) in [4.78, 5) is 13.4. The van der Waals surface area contributed by atoms with Crippen molar-refractivity contribution in [3.63, 3.8) is 0 Å². The van der Waals surface area contributed by atoms with Crippen LogP contribution in [0.1, 0.15) is 26.7 Å². The third kappa shape index (κ3) is 6.20. The molecule has 0 aromatic rings. The predicted molar refractivity (Wildman–Crippen MR) is 123 cm³/mol. The topological polar surface area (TPSA) is 74.2 Å². The van der Waals surface area contributed by atoms with Crippen LogP contribution in [0.4, 0.5) is 0 Å². The zero-order valence-electron chi connectivity index (χ0n) is 20.0. The van der Waals surface area contributed by atoms with Crippen LogP contribution >= 0.6 is 0 Å². The van der Waals surface area contributed by atoms with E-state index in [4.69, 9.17) is 25.4 Å². The number of aliphatic hydroxyl groups excluding tert-OH is 1. The Bertz CT molecular complexity index is 679. The minimum atomic E-state index is -1.21. The molecule has 0 spiro atoms. The van der Waals surface area contributed by atoms with Crippen molar-refractivity contribution in [3.8, 4) is 12.3 Å². The normalized spacial score (nSPS) is 33.2. The van der Waals surface area contributed by atoms with Crippen LogP contribution in [-0.2, 0) is 23.7 Å². The summed E-state index contributed by atoms with van der Waals surface area (Å²) in [5, 5.41) is 10.9. The lowest BCUT2D eigenvalue weighted by Gasteiger charge is -2.51. The van der Waals surface area contributed by atoms with Gasteiger partial charge in [0.2, 0.25) is 0 Å². The molecule has 0 amide bonds. The minimum absolute atomic E-state index is 0.0776. The van der Waals surface area contributed by atoms with E-state index in [0.29, 0.717) is 6.61 Å². The van der Waals surface area contributed by atoms with Gasteiger partial charge in [-0.3, -0.25) is 4.79 Å². The SMILES string of the molecule is C#C[C@H]1C(COCOC)=C[C@H]2[C@H](O)[C@@H](C)CC[C@@H]2[C@@]1(C)C(=O)OCOCC[Si](C)(C)C. The van der Waals surface area contributed by atoms with Crippen molar-refractivity contribution in [1.29, 1.82) is 0 Å². The number of esters is 1. The first-order valence-corrected chi connectivity index (χ1v) is 14.9. The van der Waals surface area contributed by atoms with Gasteiger partial charge in [0.15, 0.2) is 6.79 Å². The van der Waals surface area contributed by atoms with Crippen molar-refractivity contribution in [1.82, 2.24) is 0 Å². The lowest BCUT2D eigenvalue weighted by atomic mass is 9.53. The molecule has 0 heterocycles. The standard InChI is InChI=1S/C24H40O6Si/c1-8-20-18(14-29-15-27-4)13-19-21(10-9-17(2)22(19)25)24(20,3)23(26)30-16-28-11-12-31(5,6)7/h1,13,17,19-22,25H,9-12,14-16H2,2-7H3/t17-,19+,20-,21-,22+,24-/m0/s1. The largest absolute Gasteiger partial charge is 0.438 e. The molecule has 1 fully saturated rings. The van der Waals surface area contributed by atoms with Crippen LogP contribution in [0.3, 0.4) is 0 Å². The number of ether oxygens (including phenoxy) is 4. The summed E-state index contributed by atoms with van der Waals surface area (Å²) in [7, 11) is 0.343. The van der Waals surface area contributed by atoms with E-state index < -0.39 is 25.5 Å². The Labute approximate surface area is 188 Å². The van der Waals surface area contributed by atoms with Crippen molar-refractivity contribution < 1.29 is 28.8 Å². The lowest BCUT2D eigenvalue weighted by Crippen LogP contribution is -2.54.